The van der Waals surface area contributed by atoms with E-state index >= 15 is 0 Å². The van der Waals surface area contributed by atoms with E-state index in [1.165, 1.54) is 5.56 Å². The maximum absolute atomic E-state index is 11.3. The van der Waals surface area contributed by atoms with Crippen LogP contribution in [0.5, 0.6) is 0 Å². The van der Waals surface area contributed by atoms with Crippen molar-refractivity contribution in [3.8, 4) is 0 Å². The minimum absolute atomic E-state index is 0.245. The number of piperidine rings is 1. The van der Waals surface area contributed by atoms with Gasteiger partial charge >= 0.3 is 6.09 Å². The van der Waals surface area contributed by atoms with Crippen LogP contribution in [-0.4, -0.2) is 28.2 Å². The predicted molar refractivity (Wildman–Crippen MR) is 67.1 cm³/mol. The highest BCUT2D eigenvalue weighted by molar-refractivity contribution is 5.66. The van der Waals surface area contributed by atoms with Crippen molar-refractivity contribution >= 4 is 6.09 Å². The Kier molecular flexibility index (Phi) is 3.36. The number of benzene rings is 1. The lowest BCUT2D eigenvalue weighted by Gasteiger charge is -2.43. The molecule has 0 bridgehead atoms. The molecule has 3 heteroatoms. The second-order valence-electron chi connectivity index (χ2n) is 5.05. The highest BCUT2D eigenvalue weighted by Crippen LogP contribution is 2.31. The normalized spacial score (nSPS) is 24.6. The van der Waals surface area contributed by atoms with Gasteiger partial charge in [0.2, 0.25) is 0 Å². The van der Waals surface area contributed by atoms with Gasteiger partial charge in [0.1, 0.15) is 0 Å². The van der Waals surface area contributed by atoms with Crippen LogP contribution in [0.2, 0.25) is 0 Å². The number of hydrogen-bond acceptors (Lipinski definition) is 1. The summed E-state index contributed by atoms with van der Waals surface area (Å²) in [7, 11) is 0. The highest BCUT2D eigenvalue weighted by atomic mass is 16.4. The molecule has 1 aliphatic heterocycles. The van der Waals surface area contributed by atoms with E-state index in [1.807, 2.05) is 18.2 Å². The summed E-state index contributed by atoms with van der Waals surface area (Å²) in [5, 5.41) is 9.28. The van der Waals surface area contributed by atoms with E-state index in [0.29, 0.717) is 6.54 Å². The minimum atomic E-state index is -0.789. The van der Waals surface area contributed by atoms with E-state index < -0.39 is 6.09 Å². The fraction of sp³-hybridized carbons (Fsp3) is 0.500. The minimum Gasteiger partial charge on any atom is -0.465 e. The lowest BCUT2D eigenvalue weighted by molar-refractivity contribution is 0.0577. The zero-order chi connectivity index (χ0) is 12.3. The average molecular weight is 233 g/mol. The van der Waals surface area contributed by atoms with Crippen LogP contribution >= 0.6 is 0 Å². The zero-order valence-electron chi connectivity index (χ0n) is 10.2. The molecular formula is C14H19NO2. The lowest BCUT2D eigenvalue weighted by Crippen LogP contribution is -2.53. The van der Waals surface area contributed by atoms with Crippen molar-refractivity contribution in [2.24, 2.45) is 0 Å². The molecule has 1 unspecified atom stereocenters. The number of nitrogens with zero attached hydrogens (tertiary/aromatic N) is 1. The number of rotatable bonds is 2. The second kappa shape index (κ2) is 4.78. The summed E-state index contributed by atoms with van der Waals surface area (Å²) in [4.78, 5) is 12.9. The molecule has 0 aliphatic carbocycles. The third kappa shape index (κ3) is 2.60. The molecule has 92 valence electrons. The Balaban J connectivity index is 2.18. The first-order chi connectivity index (χ1) is 8.12. The van der Waals surface area contributed by atoms with Gasteiger partial charge in [0.15, 0.2) is 0 Å². The Morgan fingerprint density at radius 1 is 1.35 bits per heavy atom. The van der Waals surface area contributed by atoms with E-state index in [0.717, 1.165) is 25.7 Å². The van der Waals surface area contributed by atoms with E-state index in [4.69, 9.17) is 0 Å². The number of likely N-dealkylation sites (tertiary alicyclic amines) is 1. The standard InChI is InChI=1S/C14H19NO2/c1-14(11-12-7-3-2-4-8-12)9-5-6-10-15(14)13(16)17/h2-4,7-8H,5-6,9-11H2,1H3,(H,16,17). The first-order valence-electron chi connectivity index (χ1n) is 6.16. The maximum Gasteiger partial charge on any atom is 0.407 e. The molecule has 1 amide bonds. The summed E-state index contributed by atoms with van der Waals surface area (Å²) in [6.45, 7) is 2.73. The fourth-order valence-corrected chi connectivity index (χ4v) is 2.73. The van der Waals surface area contributed by atoms with Crippen LogP contribution in [0.25, 0.3) is 0 Å². The van der Waals surface area contributed by atoms with Crippen molar-refractivity contribution in [2.75, 3.05) is 6.54 Å². The Morgan fingerprint density at radius 2 is 2.06 bits per heavy atom. The molecule has 0 aromatic heterocycles. The first kappa shape index (κ1) is 12.0. The molecule has 0 saturated carbocycles. The van der Waals surface area contributed by atoms with Gasteiger partial charge in [-0.2, -0.15) is 0 Å². The molecule has 1 aromatic carbocycles. The molecule has 1 fully saturated rings. The summed E-state index contributed by atoms with van der Waals surface area (Å²) >= 11 is 0. The summed E-state index contributed by atoms with van der Waals surface area (Å²) in [6, 6.07) is 10.1. The molecule has 1 N–H and O–H groups in total. The van der Waals surface area contributed by atoms with Crippen LogP contribution in [0, 0.1) is 0 Å². The third-order valence-corrected chi connectivity index (χ3v) is 3.66. The van der Waals surface area contributed by atoms with Crippen molar-refractivity contribution < 1.29 is 9.90 Å². The summed E-state index contributed by atoms with van der Waals surface area (Å²) < 4.78 is 0. The molecule has 3 nitrogen and oxygen atoms in total. The van der Waals surface area contributed by atoms with Crippen LogP contribution < -0.4 is 0 Å². The van der Waals surface area contributed by atoms with E-state index in [1.54, 1.807) is 4.90 Å². The Hall–Kier alpha value is -1.51. The van der Waals surface area contributed by atoms with Gasteiger partial charge in [0, 0.05) is 12.1 Å². The van der Waals surface area contributed by atoms with Crippen molar-refractivity contribution in [1.82, 2.24) is 4.90 Å². The Labute approximate surface area is 102 Å². The average Bonchev–Trinajstić information content (AvgIpc) is 2.30. The molecule has 1 atom stereocenters. The van der Waals surface area contributed by atoms with E-state index in [2.05, 4.69) is 19.1 Å². The highest BCUT2D eigenvalue weighted by Gasteiger charge is 2.37. The first-order valence-corrected chi connectivity index (χ1v) is 6.16. The second-order valence-corrected chi connectivity index (χ2v) is 5.05. The molecule has 1 aliphatic rings. The molecule has 0 spiro atoms. The van der Waals surface area contributed by atoms with Gasteiger partial charge in [-0.1, -0.05) is 30.3 Å². The number of amides is 1. The smallest absolute Gasteiger partial charge is 0.407 e. The van der Waals surface area contributed by atoms with Crippen LogP contribution in [0.3, 0.4) is 0 Å². The number of hydrogen-bond donors (Lipinski definition) is 1. The van der Waals surface area contributed by atoms with Crippen LogP contribution in [0.4, 0.5) is 4.79 Å². The van der Waals surface area contributed by atoms with Crippen molar-refractivity contribution in [3.63, 3.8) is 0 Å². The largest absolute Gasteiger partial charge is 0.465 e. The Bertz CT molecular complexity index is 390. The van der Waals surface area contributed by atoms with Crippen LogP contribution in [-0.2, 0) is 6.42 Å². The number of carboxylic acid groups (broad SMARTS) is 1. The van der Waals surface area contributed by atoms with Crippen LogP contribution in [0.15, 0.2) is 30.3 Å². The molecule has 1 heterocycles. The third-order valence-electron chi connectivity index (χ3n) is 3.66. The van der Waals surface area contributed by atoms with Gasteiger partial charge in [-0.15, -0.1) is 0 Å². The van der Waals surface area contributed by atoms with Gasteiger partial charge < -0.3 is 10.0 Å². The monoisotopic (exact) mass is 233 g/mol. The van der Waals surface area contributed by atoms with E-state index in [-0.39, 0.29) is 5.54 Å². The fourth-order valence-electron chi connectivity index (χ4n) is 2.73. The molecule has 0 radical (unpaired) electrons. The SMILES string of the molecule is CC1(Cc2ccccc2)CCCCN1C(=O)O. The van der Waals surface area contributed by atoms with Gasteiger partial charge in [-0.25, -0.2) is 4.79 Å². The molecule has 2 rings (SSSR count). The van der Waals surface area contributed by atoms with Gasteiger partial charge in [-0.05, 0) is 38.2 Å². The van der Waals surface area contributed by atoms with Crippen molar-refractivity contribution in [3.05, 3.63) is 35.9 Å². The quantitative estimate of drug-likeness (QED) is 0.852. The van der Waals surface area contributed by atoms with Crippen molar-refractivity contribution in [1.29, 1.82) is 0 Å². The van der Waals surface area contributed by atoms with Gasteiger partial charge in [0.05, 0.1) is 0 Å². The van der Waals surface area contributed by atoms with E-state index in [9.17, 15) is 9.90 Å². The molecule has 1 saturated heterocycles. The summed E-state index contributed by atoms with van der Waals surface area (Å²) in [5.41, 5.74) is 0.967. The topological polar surface area (TPSA) is 40.5 Å². The maximum atomic E-state index is 11.3. The molecular weight excluding hydrogens is 214 g/mol. The predicted octanol–water partition coefficient (Wildman–Crippen LogP) is 3.15. The van der Waals surface area contributed by atoms with Gasteiger partial charge in [-0.3, -0.25) is 0 Å². The van der Waals surface area contributed by atoms with Crippen molar-refractivity contribution in [2.45, 2.75) is 38.1 Å². The van der Waals surface area contributed by atoms with Crippen LogP contribution in [0.1, 0.15) is 31.7 Å². The molecule has 1 aromatic rings. The number of carbonyl (C=O) groups is 1. The molecule has 17 heavy (non-hydrogen) atoms. The summed E-state index contributed by atoms with van der Waals surface area (Å²) in [6.07, 6.45) is 3.07. The summed E-state index contributed by atoms with van der Waals surface area (Å²) in [5.74, 6) is 0. The zero-order valence-corrected chi connectivity index (χ0v) is 10.2. The van der Waals surface area contributed by atoms with Gasteiger partial charge in [0.25, 0.3) is 0 Å². The lowest BCUT2D eigenvalue weighted by atomic mass is 9.83. The Morgan fingerprint density at radius 3 is 2.71 bits per heavy atom.